The summed E-state index contributed by atoms with van der Waals surface area (Å²) >= 11 is 6.25. The Balaban J connectivity index is 2.33. The maximum absolute atomic E-state index is 13.3. The minimum Gasteiger partial charge on any atom is -0.497 e. The lowest BCUT2D eigenvalue weighted by atomic mass is 10.1. The molecule has 0 fully saturated rings. The van der Waals surface area contributed by atoms with Crippen molar-refractivity contribution in [1.82, 2.24) is 10.2 Å². The summed E-state index contributed by atoms with van der Waals surface area (Å²) in [5.74, 6) is 0.408. The summed E-state index contributed by atoms with van der Waals surface area (Å²) in [6, 6.07) is 14.2. The summed E-state index contributed by atoms with van der Waals surface area (Å²) in [4.78, 5) is 27.7. The molecule has 0 saturated carbocycles. The van der Waals surface area contributed by atoms with Crippen LogP contribution in [0.5, 0.6) is 5.75 Å². The molecule has 0 heterocycles. The van der Waals surface area contributed by atoms with Crippen LogP contribution < -0.4 is 10.1 Å². The van der Waals surface area contributed by atoms with E-state index in [1.165, 1.54) is 0 Å². The van der Waals surface area contributed by atoms with Crippen molar-refractivity contribution < 1.29 is 14.3 Å². The number of carbonyl (C=O) groups excluding carboxylic acids is 2. The SMILES string of the molecule is CC[C@H](C(=O)NC(C)C)N(Cc1cccc(OC)c1)C(=O)Cc1ccccc1Cl. The van der Waals surface area contributed by atoms with E-state index in [0.717, 1.165) is 11.1 Å². The molecular formula is C23H29ClN2O3. The van der Waals surface area contributed by atoms with Gasteiger partial charge in [0.1, 0.15) is 11.8 Å². The van der Waals surface area contributed by atoms with Gasteiger partial charge in [0.05, 0.1) is 13.5 Å². The number of hydrogen-bond donors (Lipinski definition) is 1. The van der Waals surface area contributed by atoms with Crippen molar-refractivity contribution in [1.29, 1.82) is 0 Å². The van der Waals surface area contributed by atoms with Crippen LogP contribution in [0, 0.1) is 0 Å². The van der Waals surface area contributed by atoms with Gasteiger partial charge in [-0.3, -0.25) is 9.59 Å². The van der Waals surface area contributed by atoms with Crippen molar-refractivity contribution >= 4 is 23.4 Å². The third kappa shape index (κ3) is 6.50. The zero-order valence-electron chi connectivity index (χ0n) is 17.4. The average molecular weight is 417 g/mol. The maximum atomic E-state index is 13.3. The summed E-state index contributed by atoms with van der Waals surface area (Å²) in [5, 5.41) is 3.47. The molecule has 0 aromatic heterocycles. The number of halogens is 1. The highest BCUT2D eigenvalue weighted by molar-refractivity contribution is 6.31. The van der Waals surface area contributed by atoms with E-state index in [0.29, 0.717) is 23.7 Å². The molecular weight excluding hydrogens is 388 g/mol. The van der Waals surface area contributed by atoms with Crippen LogP contribution in [0.4, 0.5) is 0 Å². The maximum Gasteiger partial charge on any atom is 0.243 e. The number of ether oxygens (including phenoxy) is 1. The van der Waals surface area contributed by atoms with Crippen molar-refractivity contribution in [3.8, 4) is 5.75 Å². The molecule has 2 rings (SSSR count). The monoisotopic (exact) mass is 416 g/mol. The van der Waals surface area contributed by atoms with Crippen molar-refractivity contribution in [2.75, 3.05) is 7.11 Å². The minimum absolute atomic E-state index is 0.00566. The van der Waals surface area contributed by atoms with Gasteiger partial charge in [-0.2, -0.15) is 0 Å². The van der Waals surface area contributed by atoms with Gasteiger partial charge in [0.2, 0.25) is 11.8 Å². The van der Waals surface area contributed by atoms with Crippen molar-refractivity contribution in [2.24, 2.45) is 0 Å². The number of carbonyl (C=O) groups is 2. The number of amides is 2. The molecule has 1 N–H and O–H groups in total. The average Bonchev–Trinajstić information content (AvgIpc) is 2.69. The Bertz CT molecular complexity index is 838. The van der Waals surface area contributed by atoms with Crippen LogP contribution in [0.1, 0.15) is 38.3 Å². The molecule has 2 amide bonds. The number of methoxy groups -OCH3 is 1. The van der Waals surface area contributed by atoms with E-state index in [2.05, 4.69) is 5.32 Å². The van der Waals surface area contributed by atoms with Gasteiger partial charge in [-0.15, -0.1) is 0 Å². The van der Waals surface area contributed by atoms with E-state index in [4.69, 9.17) is 16.3 Å². The lowest BCUT2D eigenvalue weighted by molar-refractivity contribution is -0.141. The normalized spacial score (nSPS) is 11.8. The lowest BCUT2D eigenvalue weighted by Crippen LogP contribution is -2.50. The van der Waals surface area contributed by atoms with E-state index in [1.807, 2.05) is 63.2 Å². The molecule has 2 aromatic carbocycles. The second-order valence-electron chi connectivity index (χ2n) is 7.23. The standard InChI is InChI=1S/C23H29ClN2O3/c1-5-21(23(28)25-16(2)3)26(15-17-9-8-11-19(13-17)29-4)22(27)14-18-10-6-7-12-20(18)24/h6-13,16,21H,5,14-15H2,1-4H3,(H,25,28)/t21-/m1/s1. The number of rotatable bonds is 9. The molecule has 0 bridgehead atoms. The molecule has 0 radical (unpaired) electrons. The molecule has 6 heteroatoms. The molecule has 0 spiro atoms. The van der Waals surface area contributed by atoms with E-state index in [1.54, 1.807) is 18.1 Å². The number of nitrogens with one attached hydrogen (secondary N) is 1. The Hall–Kier alpha value is -2.53. The van der Waals surface area contributed by atoms with Gasteiger partial charge in [-0.1, -0.05) is 48.9 Å². The van der Waals surface area contributed by atoms with Crippen LogP contribution in [-0.2, 0) is 22.6 Å². The summed E-state index contributed by atoms with van der Waals surface area (Å²) in [5.41, 5.74) is 1.64. The van der Waals surface area contributed by atoms with Gasteiger partial charge in [0, 0.05) is 17.6 Å². The van der Waals surface area contributed by atoms with Gasteiger partial charge in [-0.25, -0.2) is 0 Å². The van der Waals surface area contributed by atoms with Gasteiger partial charge in [0.25, 0.3) is 0 Å². The van der Waals surface area contributed by atoms with Crippen molar-refractivity contribution in [3.05, 3.63) is 64.7 Å². The van der Waals surface area contributed by atoms with Crippen molar-refractivity contribution in [2.45, 2.75) is 52.2 Å². The Morgan fingerprint density at radius 1 is 1.14 bits per heavy atom. The molecule has 0 saturated heterocycles. The Labute approximate surface area is 178 Å². The summed E-state index contributed by atoms with van der Waals surface area (Å²) in [6.07, 6.45) is 0.645. The van der Waals surface area contributed by atoms with Crippen LogP contribution in [0.2, 0.25) is 5.02 Å². The largest absolute Gasteiger partial charge is 0.497 e. The quantitative estimate of drug-likeness (QED) is 0.665. The molecule has 29 heavy (non-hydrogen) atoms. The smallest absolute Gasteiger partial charge is 0.243 e. The lowest BCUT2D eigenvalue weighted by Gasteiger charge is -2.31. The predicted molar refractivity (Wildman–Crippen MR) is 116 cm³/mol. The summed E-state index contributed by atoms with van der Waals surface area (Å²) in [6.45, 7) is 6.03. The summed E-state index contributed by atoms with van der Waals surface area (Å²) < 4.78 is 5.29. The van der Waals surface area contributed by atoms with Gasteiger partial charge < -0.3 is 15.0 Å². The first-order valence-corrected chi connectivity index (χ1v) is 10.2. The third-order valence-electron chi connectivity index (χ3n) is 4.60. The zero-order valence-corrected chi connectivity index (χ0v) is 18.2. The molecule has 0 unspecified atom stereocenters. The van der Waals surface area contributed by atoms with Gasteiger partial charge in [-0.05, 0) is 49.6 Å². The minimum atomic E-state index is -0.571. The Morgan fingerprint density at radius 2 is 1.86 bits per heavy atom. The molecule has 0 aliphatic heterocycles. The van der Waals surface area contributed by atoms with Crippen LogP contribution in [0.25, 0.3) is 0 Å². The first kappa shape index (κ1) is 22.8. The van der Waals surface area contributed by atoms with E-state index in [-0.39, 0.29) is 24.3 Å². The fourth-order valence-corrected chi connectivity index (χ4v) is 3.38. The molecule has 1 atom stereocenters. The highest BCUT2D eigenvalue weighted by Gasteiger charge is 2.29. The second-order valence-corrected chi connectivity index (χ2v) is 7.64. The number of benzene rings is 2. The highest BCUT2D eigenvalue weighted by atomic mass is 35.5. The third-order valence-corrected chi connectivity index (χ3v) is 4.97. The molecule has 0 aliphatic rings. The van der Waals surface area contributed by atoms with Gasteiger partial charge in [0.15, 0.2) is 0 Å². The number of nitrogens with zero attached hydrogens (tertiary/aromatic N) is 1. The molecule has 0 aliphatic carbocycles. The fraction of sp³-hybridized carbons (Fsp3) is 0.391. The highest BCUT2D eigenvalue weighted by Crippen LogP contribution is 2.21. The number of hydrogen-bond acceptors (Lipinski definition) is 3. The summed E-state index contributed by atoms with van der Waals surface area (Å²) in [7, 11) is 1.60. The van der Waals surface area contributed by atoms with Crippen LogP contribution >= 0.6 is 11.6 Å². The first-order chi connectivity index (χ1) is 13.8. The second kappa shape index (κ2) is 10.9. The molecule has 2 aromatic rings. The Kier molecular flexibility index (Phi) is 8.52. The van der Waals surface area contributed by atoms with E-state index < -0.39 is 6.04 Å². The van der Waals surface area contributed by atoms with Crippen molar-refractivity contribution in [3.63, 3.8) is 0 Å². The van der Waals surface area contributed by atoms with Crippen LogP contribution in [0.3, 0.4) is 0 Å². The fourth-order valence-electron chi connectivity index (χ4n) is 3.17. The topological polar surface area (TPSA) is 58.6 Å². The Morgan fingerprint density at radius 3 is 2.48 bits per heavy atom. The molecule has 156 valence electrons. The van der Waals surface area contributed by atoms with E-state index in [9.17, 15) is 9.59 Å². The first-order valence-electron chi connectivity index (χ1n) is 9.81. The molecule has 5 nitrogen and oxygen atoms in total. The van der Waals surface area contributed by atoms with E-state index >= 15 is 0 Å². The van der Waals surface area contributed by atoms with Crippen LogP contribution in [0.15, 0.2) is 48.5 Å². The zero-order chi connectivity index (χ0) is 21.4. The van der Waals surface area contributed by atoms with Gasteiger partial charge >= 0.3 is 0 Å². The van der Waals surface area contributed by atoms with Crippen LogP contribution in [-0.4, -0.2) is 35.9 Å². The predicted octanol–water partition coefficient (Wildman–Crippen LogP) is 4.22.